The summed E-state index contributed by atoms with van der Waals surface area (Å²) in [4.78, 5) is 19.2. The lowest BCUT2D eigenvalue weighted by Crippen LogP contribution is -2.31. The molecule has 1 amide bonds. The highest BCUT2D eigenvalue weighted by molar-refractivity contribution is 7.99. The largest absolute Gasteiger partial charge is 0.336 e. The predicted octanol–water partition coefficient (Wildman–Crippen LogP) is 4.71. The molecule has 0 saturated heterocycles. The molecule has 2 heterocycles. The molecule has 4 rings (SSSR count). The molecule has 0 aliphatic rings. The molecule has 154 valence electrons. The van der Waals surface area contributed by atoms with Crippen molar-refractivity contribution in [3.05, 3.63) is 59.1 Å². The van der Waals surface area contributed by atoms with E-state index in [1.807, 2.05) is 55.9 Å². The predicted molar refractivity (Wildman–Crippen MR) is 123 cm³/mol. The Morgan fingerprint density at radius 2 is 1.90 bits per heavy atom. The van der Waals surface area contributed by atoms with Crippen molar-refractivity contribution < 1.29 is 4.79 Å². The molecule has 0 aliphatic heterocycles. The SMILES string of the molecule is Cc1ccc(-c2nnc(SCC(=O)N(C)C(C)c3nc4ccccc4s3)n2C)cc1. The van der Waals surface area contributed by atoms with E-state index in [0.717, 1.165) is 31.8 Å². The van der Waals surface area contributed by atoms with Gasteiger partial charge in [0.05, 0.1) is 22.0 Å². The number of fused-ring (bicyclic) bond motifs is 1. The molecule has 1 atom stereocenters. The second kappa shape index (κ2) is 8.57. The molecule has 2 aromatic carbocycles. The van der Waals surface area contributed by atoms with Crippen LogP contribution in [-0.2, 0) is 11.8 Å². The van der Waals surface area contributed by atoms with Crippen LogP contribution in [0.15, 0.2) is 53.7 Å². The first-order valence-electron chi connectivity index (χ1n) is 9.64. The number of rotatable bonds is 6. The van der Waals surface area contributed by atoms with Gasteiger partial charge in [-0.1, -0.05) is 53.7 Å². The zero-order valence-electron chi connectivity index (χ0n) is 17.4. The van der Waals surface area contributed by atoms with Crippen molar-refractivity contribution >= 4 is 39.2 Å². The molecule has 0 aliphatic carbocycles. The van der Waals surface area contributed by atoms with Gasteiger partial charge in [0.1, 0.15) is 5.01 Å². The van der Waals surface area contributed by atoms with Crippen LogP contribution < -0.4 is 0 Å². The van der Waals surface area contributed by atoms with Crippen molar-refractivity contribution in [3.8, 4) is 11.4 Å². The number of carbonyl (C=O) groups excluding carboxylic acids is 1. The van der Waals surface area contributed by atoms with Crippen LogP contribution in [0.5, 0.6) is 0 Å². The van der Waals surface area contributed by atoms with Gasteiger partial charge >= 0.3 is 0 Å². The number of aryl methyl sites for hydroxylation is 1. The quantitative estimate of drug-likeness (QED) is 0.409. The number of aromatic nitrogens is 4. The zero-order valence-corrected chi connectivity index (χ0v) is 19.0. The molecule has 1 unspecified atom stereocenters. The lowest BCUT2D eigenvalue weighted by molar-refractivity contribution is -0.128. The molecule has 0 N–H and O–H groups in total. The Morgan fingerprint density at radius 1 is 1.17 bits per heavy atom. The third-order valence-electron chi connectivity index (χ3n) is 5.11. The maximum absolute atomic E-state index is 12.8. The number of thiazole rings is 1. The number of benzene rings is 2. The summed E-state index contributed by atoms with van der Waals surface area (Å²) in [6.45, 7) is 4.07. The number of thioether (sulfide) groups is 1. The maximum atomic E-state index is 12.8. The minimum Gasteiger partial charge on any atom is -0.336 e. The van der Waals surface area contributed by atoms with E-state index in [9.17, 15) is 4.79 Å². The van der Waals surface area contributed by atoms with E-state index < -0.39 is 0 Å². The molecule has 0 saturated carbocycles. The summed E-state index contributed by atoms with van der Waals surface area (Å²) in [5, 5.41) is 10.2. The third kappa shape index (κ3) is 4.11. The van der Waals surface area contributed by atoms with Crippen molar-refractivity contribution in [2.24, 2.45) is 7.05 Å². The summed E-state index contributed by atoms with van der Waals surface area (Å²) in [5.74, 6) is 1.12. The van der Waals surface area contributed by atoms with Gasteiger partial charge in [-0.15, -0.1) is 21.5 Å². The molecule has 2 aromatic heterocycles. The lowest BCUT2D eigenvalue weighted by Gasteiger charge is -2.23. The fourth-order valence-corrected chi connectivity index (χ4v) is 4.97. The van der Waals surface area contributed by atoms with Crippen molar-refractivity contribution in [1.29, 1.82) is 0 Å². The second-order valence-corrected chi connectivity index (χ2v) is 9.23. The Labute approximate surface area is 184 Å². The van der Waals surface area contributed by atoms with Gasteiger partial charge in [0.2, 0.25) is 5.91 Å². The van der Waals surface area contributed by atoms with Crippen molar-refractivity contribution in [2.75, 3.05) is 12.8 Å². The van der Waals surface area contributed by atoms with Crippen LogP contribution >= 0.6 is 23.1 Å². The average molecular weight is 438 g/mol. The Balaban J connectivity index is 1.42. The first kappa shape index (κ1) is 20.6. The Hall–Kier alpha value is -2.71. The second-order valence-electron chi connectivity index (χ2n) is 7.22. The normalized spacial score (nSPS) is 12.3. The van der Waals surface area contributed by atoms with Gasteiger partial charge in [0.25, 0.3) is 0 Å². The summed E-state index contributed by atoms with van der Waals surface area (Å²) in [7, 11) is 3.75. The van der Waals surface area contributed by atoms with Crippen LogP contribution in [0.1, 0.15) is 23.5 Å². The van der Waals surface area contributed by atoms with E-state index in [4.69, 9.17) is 0 Å². The molecule has 0 spiro atoms. The van der Waals surface area contributed by atoms with E-state index in [0.29, 0.717) is 5.75 Å². The van der Waals surface area contributed by atoms with E-state index >= 15 is 0 Å². The highest BCUT2D eigenvalue weighted by Gasteiger charge is 2.22. The van der Waals surface area contributed by atoms with E-state index in [2.05, 4.69) is 40.3 Å². The topological polar surface area (TPSA) is 63.9 Å². The Kier molecular flexibility index (Phi) is 5.87. The molecule has 0 fully saturated rings. The van der Waals surface area contributed by atoms with E-state index in [1.165, 1.54) is 17.3 Å². The Bertz CT molecular complexity index is 1150. The van der Waals surface area contributed by atoms with Gasteiger partial charge in [0.15, 0.2) is 11.0 Å². The third-order valence-corrected chi connectivity index (χ3v) is 7.32. The van der Waals surface area contributed by atoms with Gasteiger partial charge in [-0.2, -0.15) is 0 Å². The van der Waals surface area contributed by atoms with Gasteiger partial charge in [0, 0.05) is 19.7 Å². The van der Waals surface area contributed by atoms with Crippen LogP contribution in [0, 0.1) is 6.92 Å². The van der Waals surface area contributed by atoms with Crippen LogP contribution in [0.3, 0.4) is 0 Å². The van der Waals surface area contributed by atoms with Crippen molar-refractivity contribution in [2.45, 2.75) is 25.0 Å². The molecule has 4 aromatic rings. The standard InChI is InChI=1S/C22H23N5OS2/c1-14-9-11-16(12-10-14)20-24-25-22(27(20)4)29-13-19(28)26(3)15(2)21-23-17-7-5-6-8-18(17)30-21/h5-12,15H,13H2,1-4H3. The number of hydrogen-bond acceptors (Lipinski definition) is 6. The summed E-state index contributed by atoms with van der Waals surface area (Å²) in [6, 6.07) is 16.1. The number of amides is 1. The van der Waals surface area contributed by atoms with Crippen LogP contribution in [0.25, 0.3) is 21.6 Å². The Morgan fingerprint density at radius 3 is 2.63 bits per heavy atom. The van der Waals surface area contributed by atoms with Gasteiger partial charge in [-0.25, -0.2) is 4.98 Å². The van der Waals surface area contributed by atoms with E-state index in [1.54, 1.807) is 16.2 Å². The van der Waals surface area contributed by atoms with Crippen LogP contribution in [0.2, 0.25) is 0 Å². The zero-order chi connectivity index (χ0) is 21.3. The van der Waals surface area contributed by atoms with E-state index in [-0.39, 0.29) is 11.9 Å². The summed E-state index contributed by atoms with van der Waals surface area (Å²) in [5.41, 5.74) is 3.18. The molecular weight excluding hydrogens is 414 g/mol. The highest BCUT2D eigenvalue weighted by Crippen LogP contribution is 2.29. The van der Waals surface area contributed by atoms with Gasteiger partial charge in [-0.05, 0) is 26.0 Å². The fraction of sp³-hybridized carbons (Fsp3) is 0.273. The molecule has 0 radical (unpaired) electrons. The smallest absolute Gasteiger partial charge is 0.233 e. The molecule has 8 heteroatoms. The minimum absolute atomic E-state index is 0.0339. The molecule has 0 bridgehead atoms. The van der Waals surface area contributed by atoms with Crippen LogP contribution in [0.4, 0.5) is 0 Å². The van der Waals surface area contributed by atoms with Gasteiger partial charge < -0.3 is 9.47 Å². The first-order chi connectivity index (χ1) is 14.4. The summed E-state index contributed by atoms with van der Waals surface area (Å²) in [6.07, 6.45) is 0. The summed E-state index contributed by atoms with van der Waals surface area (Å²) < 4.78 is 3.07. The number of nitrogens with zero attached hydrogens (tertiary/aromatic N) is 5. The number of carbonyl (C=O) groups is 1. The highest BCUT2D eigenvalue weighted by atomic mass is 32.2. The maximum Gasteiger partial charge on any atom is 0.233 e. The van der Waals surface area contributed by atoms with Crippen molar-refractivity contribution in [3.63, 3.8) is 0 Å². The van der Waals surface area contributed by atoms with Gasteiger partial charge in [-0.3, -0.25) is 4.79 Å². The lowest BCUT2D eigenvalue weighted by atomic mass is 10.1. The molecular formula is C22H23N5OS2. The molecule has 6 nitrogen and oxygen atoms in total. The number of para-hydroxylation sites is 1. The van der Waals surface area contributed by atoms with Crippen molar-refractivity contribution in [1.82, 2.24) is 24.6 Å². The minimum atomic E-state index is -0.0851. The first-order valence-corrected chi connectivity index (χ1v) is 11.4. The average Bonchev–Trinajstić information content (AvgIpc) is 3.35. The van der Waals surface area contributed by atoms with Crippen LogP contribution in [-0.4, -0.2) is 43.4 Å². The molecule has 30 heavy (non-hydrogen) atoms. The fourth-order valence-electron chi connectivity index (χ4n) is 3.07. The summed E-state index contributed by atoms with van der Waals surface area (Å²) >= 11 is 3.03. The number of hydrogen-bond donors (Lipinski definition) is 0. The monoisotopic (exact) mass is 437 g/mol.